The van der Waals surface area contributed by atoms with E-state index in [9.17, 15) is 9.90 Å². The summed E-state index contributed by atoms with van der Waals surface area (Å²) in [6.07, 6.45) is 13.3. The summed E-state index contributed by atoms with van der Waals surface area (Å²) in [6.45, 7) is 4.82. The first kappa shape index (κ1) is 14.7. The molecule has 4 aliphatic rings. The molecule has 2 fully saturated rings. The minimum Gasteiger partial charge on any atom is -0.393 e. The van der Waals surface area contributed by atoms with Gasteiger partial charge in [-0.05, 0) is 79.1 Å². The number of hydrogen-bond donors (Lipinski definition) is 1. The van der Waals surface area contributed by atoms with E-state index in [0.717, 1.165) is 55.8 Å². The molecule has 2 saturated carbocycles. The molecule has 2 heteroatoms. The van der Waals surface area contributed by atoms with E-state index in [-0.39, 0.29) is 11.5 Å². The van der Waals surface area contributed by atoms with Crippen molar-refractivity contribution in [2.45, 2.75) is 64.9 Å². The first-order valence-corrected chi connectivity index (χ1v) is 9.01. The minimum atomic E-state index is -0.125. The summed E-state index contributed by atoms with van der Waals surface area (Å²) in [5.41, 5.74) is 3.10. The number of fused-ring (bicyclic) bond motifs is 5. The smallest absolute Gasteiger partial charge is 0.145 e. The van der Waals surface area contributed by atoms with Gasteiger partial charge in [0.2, 0.25) is 0 Å². The molecule has 0 bridgehead atoms. The molecule has 0 spiro atoms. The van der Waals surface area contributed by atoms with E-state index in [1.807, 2.05) is 0 Å². The molecule has 0 saturated heterocycles. The van der Waals surface area contributed by atoms with Gasteiger partial charge in [-0.15, -0.1) is 0 Å². The lowest BCUT2D eigenvalue weighted by atomic mass is 9.48. The number of hydrogen-bond acceptors (Lipinski definition) is 2. The van der Waals surface area contributed by atoms with E-state index in [1.165, 1.54) is 18.4 Å². The van der Waals surface area contributed by atoms with E-state index in [4.69, 9.17) is 0 Å². The number of rotatable bonds is 1. The van der Waals surface area contributed by atoms with Crippen LogP contribution >= 0.6 is 0 Å². The number of aliphatic hydroxyl groups is 1. The Morgan fingerprint density at radius 2 is 2.00 bits per heavy atom. The Kier molecular flexibility index (Phi) is 3.21. The zero-order valence-corrected chi connectivity index (χ0v) is 13.8. The largest absolute Gasteiger partial charge is 0.393 e. The fraction of sp³-hybridized carbons (Fsp3) is 0.750. The number of carbonyl (C=O) groups excluding carboxylic acids is 1. The number of allylic oxidation sites excluding steroid dienone is 3. The van der Waals surface area contributed by atoms with E-state index in [2.05, 4.69) is 26.0 Å². The Morgan fingerprint density at radius 3 is 2.77 bits per heavy atom. The minimum absolute atomic E-state index is 0.125. The molecule has 0 aromatic carbocycles. The van der Waals surface area contributed by atoms with Gasteiger partial charge in [0.25, 0.3) is 0 Å². The molecular formula is C20H28O2. The van der Waals surface area contributed by atoms with Gasteiger partial charge in [-0.1, -0.05) is 31.6 Å². The summed E-state index contributed by atoms with van der Waals surface area (Å²) < 4.78 is 0. The summed E-state index contributed by atoms with van der Waals surface area (Å²) in [4.78, 5) is 11.3. The molecule has 0 amide bonds. The Hall–Kier alpha value is -0.890. The third-order valence-electron chi connectivity index (χ3n) is 7.64. The van der Waals surface area contributed by atoms with Crippen LogP contribution in [0.15, 0.2) is 23.3 Å². The van der Waals surface area contributed by atoms with Gasteiger partial charge < -0.3 is 5.11 Å². The van der Waals surface area contributed by atoms with Crippen molar-refractivity contribution >= 4 is 6.29 Å². The predicted octanol–water partition coefficient (Wildman–Crippen LogP) is 4.05. The molecule has 0 unspecified atom stereocenters. The fourth-order valence-corrected chi connectivity index (χ4v) is 6.37. The third kappa shape index (κ3) is 1.92. The average molecular weight is 300 g/mol. The second kappa shape index (κ2) is 4.80. The Bertz CT molecular complexity index is 560. The van der Waals surface area contributed by atoms with Crippen LogP contribution in [0, 0.1) is 28.6 Å². The number of carbonyl (C=O) groups is 1. The molecule has 0 aromatic rings. The van der Waals surface area contributed by atoms with Crippen molar-refractivity contribution in [1.29, 1.82) is 0 Å². The van der Waals surface area contributed by atoms with Crippen LogP contribution in [0.25, 0.3) is 0 Å². The van der Waals surface area contributed by atoms with Gasteiger partial charge in [-0.2, -0.15) is 0 Å². The summed E-state index contributed by atoms with van der Waals surface area (Å²) in [5.74, 6) is 2.11. The second-order valence-corrected chi connectivity index (χ2v) is 8.74. The molecule has 22 heavy (non-hydrogen) atoms. The molecule has 0 heterocycles. The van der Waals surface area contributed by atoms with Crippen LogP contribution < -0.4 is 0 Å². The predicted molar refractivity (Wildman–Crippen MR) is 87.2 cm³/mol. The fourth-order valence-electron chi connectivity index (χ4n) is 6.37. The van der Waals surface area contributed by atoms with Crippen molar-refractivity contribution < 1.29 is 9.90 Å². The van der Waals surface area contributed by atoms with Crippen LogP contribution in [0.1, 0.15) is 58.8 Å². The van der Waals surface area contributed by atoms with Gasteiger partial charge >= 0.3 is 0 Å². The van der Waals surface area contributed by atoms with Gasteiger partial charge in [-0.25, -0.2) is 0 Å². The summed E-state index contributed by atoms with van der Waals surface area (Å²) >= 11 is 0. The van der Waals surface area contributed by atoms with Crippen LogP contribution in [0.2, 0.25) is 0 Å². The van der Waals surface area contributed by atoms with Crippen molar-refractivity contribution in [3.05, 3.63) is 23.3 Å². The number of aliphatic hydroxyl groups excluding tert-OH is 1. The van der Waals surface area contributed by atoms with Crippen molar-refractivity contribution in [2.75, 3.05) is 0 Å². The summed E-state index contributed by atoms with van der Waals surface area (Å²) in [6, 6.07) is 0. The zero-order chi connectivity index (χ0) is 15.5. The van der Waals surface area contributed by atoms with Gasteiger partial charge in [0.15, 0.2) is 0 Å². The van der Waals surface area contributed by atoms with Crippen LogP contribution in [0.3, 0.4) is 0 Å². The SMILES string of the molecule is C[C@@]12C=C(C=O)C[C@H]1[C@@H]1CC=C3C[C@@H](O)CC[C@]3(C)[C@H]1CC2. The van der Waals surface area contributed by atoms with Gasteiger partial charge in [-0.3, -0.25) is 4.79 Å². The molecule has 4 rings (SSSR count). The highest BCUT2D eigenvalue weighted by molar-refractivity contribution is 5.74. The molecule has 4 aliphatic carbocycles. The lowest BCUT2D eigenvalue weighted by Gasteiger charge is -2.57. The normalized spacial score (nSPS) is 50.3. The highest BCUT2D eigenvalue weighted by Crippen LogP contribution is 2.63. The van der Waals surface area contributed by atoms with Gasteiger partial charge in [0, 0.05) is 0 Å². The van der Waals surface area contributed by atoms with E-state index < -0.39 is 0 Å². The van der Waals surface area contributed by atoms with Crippen LogP contribution in [0.5, 0.6) is 0 Å². The maximum absolute atomic E-state index is 11.3. The molecular weight excluding hydrogens is 272 g/mol. The summed E-state index contributed by atoms with van der Waals surface area (Å²) in [5, 5.41) is 10.0. The zero-order valence-electron chi connectivity index (χ0n) is 13.8. The van der Waals surface area contributed by atoms with Crippen molar-refractivity contribution in [2.24, 2.45) is 28.6 Å². The van der Waals surface area contributed by atoms with Crippen LogP contribution in [-0.2, 0) is 4.79 Å². The quantitative estimate of drug-likeness (QED) is 0.586. The third-order valence-corrected chi connectivity index (χ3v) is 7.64. The Labute approximate surface area is 133 Å². The Balaban J connectivity index is 1.67. The first-order valence-electron chi connectivity index (χ1n) is 9.01. The van der Waals surface area contributed by atoms with E-state index in [1.54, 1.807) is 0 Å². The van der Waals surface area contributed by atoms with Gasteiger partial charge in [0.1, 0.15) is 6.29 Å². The van der Waals surface area contributed by atoms with E-state index >= 15 is 0 Å². The number of aldehydes is 1. The maximum atomic E-state index is 11.3. The maximum Gasteiger partial charge on any atom is 0.145 e. The standard InChI is InChI=1S/C20H28O2/c1-19-7-6-17-16(18(19)9-13(11-19)12-21)4-3-14-10-15(22)5-8-20(14,17)2/h3,11-12,15-18,22H,4-10H2,1-2H3/t15-,16+,17-,18-,19+,20-/m0/s1. The monoisotopic (exact) mass is 300 g/mol. The van der Waals surface area contributed by atoms with Crippen molar-refractivity contribution in [3.63, 3.8) is 0 Å². The molecule has 0 aliphatic heterocycles. The second-order valence-electron chi connectivity index (χ2n) is 8.74. The molecule has 1 N–H and O–H groups in total. The van der Waals surface area contributed by atoms with Gasteiger partial charge in [0.05, 0.1) is 6.10 Å². The van der Waals surface area contributed by atoms with Crippen LogP contribution in [0.4, 0.5) is 0 Å². The lowest BCUT2D eigenvalue weighted by molar-refractivity contribution is -0.105. The molecule has 120 valence electrons. The topological polar surface area (TPSA) is 37.3 Å². The van der Waals surface area contributed by atoms with Crippen molar-refractivity contribution in [3.8, 4) is 0 Å². The van der Waals surface area contributed by atoms with Crippen molar-refractivity contribution in [1.82, 2.24) is 0 Å². The van der Waals surface area contributed by atoms with E-state index in [0.29, 0.717) is 11.3 Å². The summed E-state index contributed by atoms with van der Waals surface area (Å²) in [7, 11) is 0. The highest BCUT2D eigenvalue weighted by atomic mass is 16.3. The molecule has 6 atom stereocenters. The van der Waals surface area contributed by atoms with Crippen LogP contribution in [-0.4, -0.2) is 17.5 Å². The molecule has 0 aromatic heterocycles. The molecule has 2 nitrogen and oxygen atoms in total. The average Bonchev–Trinajstić information content (AvgIpc) is 2.85. The molecule has 0 radical (unpaired) electrons. The Morgan fingerprint density at radius 1 is 1.18 bits per heavy atom. The lowest BCUT2D eigenvalue weighted by Crippen LogP contribution is -2.49. The first-order chi connectivity index (χ1) is 10.5. The highest BCUT2D eigenvalue weighted by Gasteiger charge is 2.55.